The molecule has 2 aromatic carbocycles. The molecular formula is C13H10BrClN2O2S2. The summed E-state index contributed by atoms with van der Waals surface area (Å²) in [6, 6.07) is 10.9. The second kappa shape index (κ2) is 6.31. The molecule has 0 atom stereocenters. The molecule has 0 fully saturated rings. The van der Waals surface area contributed by atoms with E-state index in [4.69, 9.17) is 29.6 Å². The van der Waals surface area contributed by atoms with Crippen LogP contribution in [0.4, 0.5) is 5.69 Å². The van der Waals surface area contributed by atoms with E-state index in [0.717, 1.165) is 0 Å². The third kappa shape index (κ3) is 3.74. The second-order valence-corrected chi connectivity index (χ2v) is 7.42. The van der Waals surface area contributed by atoms with Crippen molar-refractivity contribution in [1.29, 1.82) is 0 Å². The van der Waals surface area contributed by atoms with Crippen molar-refractivity contribution in [3.8, 4) is 0 Å². The van der Waals surface area contributed by atoms with Gasteiger partial charge in [-0.25, -0.2) is 8.42 Å². The minimum Gasteiger partial charge on any atom is -0.389 e. The molecule has 0 heterocycles. The maximum Gasteiger partial charge on any atom is 0.261 e. The van der Waals surface area contributed by atoms with Crippen molar-refractivity contribution in [3.05, 3.63) is 57.5 Å². The highest BCUT2D eigenvalue weighted by molar-refractivity contribution is 9.10. The van der Waals surface area contributed by atoms with Crippen LogP contribution < -0.4 is 10.5 Å². The van der Waals surface area contributed by atoms with E-state index in [0.29, 0.717) is 20.7 Å². The molecule has 0 saturated carbocycles. The Hall–Kier alpha value is -1.15. The fourth-order valence-electron chi connectivity index (χ4n) is 1.58. The largest absolute Gasteiger partial charge is 0.389 e. The molecule has 2 rings (SSSR count). The number of thiocarbonyl (C=S) groups is 1. The predicted octanol–water partition coefficient (Wildman–Crippen LogP) is 3.54. The molecule has 0 spiro atoms. The number of sulfonamides is 1. The van der Waals surface area contributed by atoms with Gasteiger partial charge in [0, 0.05) is 5.56 Å². The summed E-state index contributed by atoms with van der Waals surface area (Å²) in [7, 11) is -3.72. The summed E-state index contributed by atoms with van der Waals surface area (Å²) in [6.07, 6.45) is 0. The number of nitrogens with two attached hydrogens (primary N) is 1. The van der Waals surface area contributed by atoms with Crippen LogP contribution in [0.25, 0.3) is 0 Å². The van der Waals surface area contributed by atoms with Crippen LogP contribution in [0.15, 0.2) is 51.8 Å². The summed E-state index contributed by atoms with van der Waals surface area (Å²) >= 11 is 14.0. The molecule has 0 aliphatic carbocycles. The van der Waals surface area contributed by atoms with Crippen molar-refractivity contribution in [2.45, 2.75) is 4.90 Å². The van der Waals surface area contributed by atoms with Crippen LogP contribution in [0.3, 0.4) is 0 Å². The maximum absolute atomic E-state index is 12.3. The number of halogens is 2. The summed E-state index contributed by atoms with van der Waals surface area (Å²) in [5.74, 6) is 0. The Morgan fingerprint density at radius 2 is 1.81 bits per heavy atom. The van der Waals surface area contributed by atoms with Crippen molar-refractivity contribution in [3.63, 3.8) is 0 Å². The number of hydrogen-bond donors (Lipinski definition) is 2. The van der Waals surface area contributed by atoms with Gasteiger partial charge in [-0.1, -0.05) is 42.0 Å². The highest BCUT2D eigenvalue weighted by Gasteiger charge is 2.16. The minimum absolute atomic E-state index is 0.106. The first-order valence-corrected chi connectivity index (χ1v) is 8.74. The number of benzene rings is 2. The molecule has 110 valence electrons. The van der Waals surface area contributed by atoms with E-state index in [1.807, 2.05) is 0 Å². The number of nitrogens with one attached hydrogen (secondary N) is 1. The lowest BCUT2D eigenvalue weighted by Gasteiger charge is -2.11. The molecule has 0 radical (unpaired) electrons. The lowest BCUT2D eigenvalue weighted by Crippen LogP contribution is -2.14. The topological polar surface area (TPSA) is 72.2 Å². The van der Waals surface area contributed by atoms with Crippen LogP contribution in [-0.2, 0) is 10.0 Å². The van der Waals surface area contributed by atoms with Crippen LogP contribution in [0, 0.1) is 0 Å². The van der Waals surface area contributed by atoms with Crippen molar-refractivity contribution in [2.24, 2.45) is 5.73 Å². The molecule has 0 saturated heterocycles. The molecule has 0 aliphatic heterocycles. The fourth-order valence-corrected chi connectivity index (χ4v) is 3.46. The first kappa shape index (κ1) is 16.2. The molecule has 4 nitrogen and oxygen atoms in total. The summed E-state index contributed by atoms with van der Waals surface area (Å²) in [5.41, 5.74) is 6.44. The Labute approximate surface area is 141 Å². The van der Waals surface area contributed by atoms with Gasteiger partial charge in [0.2, 0.25) is 0 Å². The zero-order valence-corrected chi connectivity index (χ0v) is 14.5. The Balaban J connectivity index is 2.34. The van der Waals surface area contributed by atoms with E-state index >= 15 is 0 Å². The van der Waals surface area contributed by atoms with Crippen molar-refractivity contribution >= 4 is 60.4 Å². The van der Waals surface area contributed by atoms with Gasteiger partial charge in [0.1, 0.15) is 4.99 Å². The molecule has 0 aromatic heterocycles. The van der Waals surface area contributed by atoms with Gasteiger partial charge < -0.3 is 5.73 Å². The third-order valence-corrected chi connectivity index (χ3v) is 5.66. The second-order valence-electron chi connectivity index (χ2n) is 4.10. The van der Waals surface area contributed by atoms with Gasteiger partial charge in [0.05, 0.1) is 20.1 Å². The quantitative estimate of drug-likeness (QED) is 0.763. The molecule has 8 heteroatoms. The standard InChI is InChI=1S/C13H10BrClN2O2S2/c14-12-10(15)2-1-3-11(12)17-21(18,19)9-6-4-8(5-7-9)13(16)20/h1-7,17H,(H2,16,20). The smallest absolute Gasteiger partial charge is 0.261 e. The lowest BCUT2D eigenvalue weighted by molar-refractivity contribution is 0.601. The monoisotopic (exact) mass is 404 g/mol. The molecule has 2 aromatic rings. The maximum atomic E-state index is 12.3. The number of anilines is 1. The van der Waals surface area contributed by atoms with Crippen molar-refractivity contribution < 1.29 is 8.42 Å². The summed E-state index contributed by atoms with van der Waals surface area (Å²) in [6.45, 7) is 0. The van der Waals surface area contributed by atoms with Crippen LogP contribution in [0.1, 0.15) is 5.56 Å². The van der Waals surface area contributed by atoms with E-state index in [-0.39, 0.29) is 9.88 Å². The third-order valence-electron chi connectivity index (χ3n) is 2.65. The average Bonchev–Trinajstić information content (AvgIpc) is 2.44. The van der Waals surface area contributed by atoms with Gasteiger partial charge in [-0.05, 0) is 40.2 Å². The molecule has 0 amide bonds. The zero-order valence-electron chi connectivity index (χ0n) is 10.5. The van der Waals surface area contributed by atoms with Crippen molar-refractivity contribution in [2.75, 3.05) is 4.72 Å². The van der Waals surface area contributed by atoms with E-state index in [1.54, 1.807) is 30.3 Å². The van der Waals surface area contributed by atoms with Gasteiger partial charge >= 0.3 is 0 Å². The van der Waals surface area contributed by atoms with Gasteiger partial charge in [-0.15, -0.1) is 0 Å². The van der Waals surface area contributed by atoms with Crippen LogP contribution in [-0.4, -0.2) is 13.4 Å². The minimum atomic E-state index is -3.72. The molecular weight excluding hydrogens is 396 g/mol. The fraction of sp³-hybridized carbons (Fsp3) is 0. The van der Waals surface area contributed by atoms with Gasteiger partial charge in [-0.3, -0.25) is 4.72 Å². The average molecular weight is 406 g/mol. The Morgan fingerprint density at radius 1 is 1.19 bits per heavy atom. The Kier molecular flexibility index (Phi) is 4.88. The number of hydrogen-bond acceptors (Lipinski definition) is 3. The summed E-state index contributed by atoms with van der Waals surface area (Å²) < 4.78 is 27.6. The molecule has 21 heavy (non-hydrogen) atoms. The molecule has 0 unspecified atom stereocenters. The lowest BCUT2D eigenvalue weighted by atomic mass is 10.2. The Morgan fingerprint density at radius 3 is 2.38 bits per heavy atom. The summed E-state index contributed by atoms with van der Waals surface area (Å²) in [4.78, 5) is 0.318. The first-order chi connectivity index (χ1) is 9.81. The van der Waals surface area contributed by atoms with Crippen molar-refractivity contribution in [1.82, 2.24) is 0 Å². The SMILES string of the molecule is NC(=S)c1ccc(S(=O)(=O)Nc2cccc(Cl)c2Br)cc1. The predicted molar refractivity (Wildman–Crippen MR) is 92.3 cm³/mol. The van der Waals surface area contributed by atoms with Gasteiger partial charge in [0.25, 0.3) is 10.0 Å². The Bertz CT molecular complexity index is 792. The first-order valence-electron chi connectivity index (χ1n) is 5.68. The molecule has 3 N–H and O–H groups in total. The van der Waals surface area contributed by atoms with E-state index in [2.05, 4.69) is 20.7 Å². The molecule has 0 bridgehead atoms. The van der Waals surface area contributed by atoms with Crippen LogP contribution in [0.5, 0.6) is 0 Å². The molecule has 0 aliphatic rings. The van der Waals surface area contributed by atoms with Crippen LogP contribution in [0.2, 0.25) is 5.02 Å². The van der Waals surface area contributed by atoms with E-state index in [9.17, 15) is 8.42 Å². The van der Waals surface area contributed by atoms with Crippen LogP contribution >= 0.6 is 39.7 Å². The van der Waals surface area contributed by atoms with Gasteiger partial charge in [0.15, 0.2) is 0 Å². The zero-order chi connectivity index (χ0) is 15.6. The highest BCUT2D eigenvalue weighted by Crippen LogP contribution is 2.31. The normalized spacial score (nSPS) is 11.1. The van der Waals surface area contributed by atoms with Gasteiger partial charge in [-0.2, -0.15) is 0 Å². The summed E-state index contributed by atoms with van der Waals surface area (Å²) in [5, 5.41) is 0.416. The highest BCUT2D eigenvalue weighted by atomic mass is 79.9. The van der Waals surface area contributed by atoms with E-state index in [1.165, 1.54) is 12.1 Å². The van der Waals surface area contributed by atoms with E-state index < -0.39 is 10.0 Å². The number of rotatable bonds is 4.